The lowest BCUT2D eigenvalue weighted by Crippen LogP contribution is -2.28. The van der Waals surface area contributed by atoms with E-state index in [4.69, 9.17) is 23.2 Å². The van der Waals surface area contributed by atoms with Gasteiger partial charge in [0.2, 0.25) is 0 Å². The molecule has 0 amide bonds. The maximum Gasteiger partial charge on any atom is 0.0542 e. The average Bonchev–Trinajstić information content (AvgIpc) is 2.41. The second kappa shape index (κ2) is 6.88. The molecule has 18 heavy (non-hydrogen) atoms. The topological polar surface area (TPSA) is 0 Å². The maximum atomic E-state index is 6.21. The molecule has 0 heterocycles. The Balaban J connectivity index is 2.03. The van der Waals surface area contributed by atoms with Crippen molar-refractivity contribution < 1.29 is 0 Å². The molecule has 1 fully saturated rings. The number of rotatable bonds is 4. The van der Waals surface area contributed by atoms with Gasteiger partial charge in [0.05, 0.1) is 5.02 Å². The monoisotopic (exact) mass is 366 g/mol. The summed E-state index contributed by atoms with van der Waals surface area (Å²) in [7, 11) is 0. The first-order valence-electron chi connectivity index (χ1n) is 6.29. The fourth-order valence-corrected chi connectivity index (χ4v) is 5.25. The van der Waals surface area contributed by atoms with Crippen molar-refractivity contribution in [1.82, 2.24) is 0 Å². The molecule has 0 spiro atoms. The first-order chi connectivity index (χ1) is 8.65. The van der Waals surface area contributed by atoms with Crippen LogP contribution in [-0.4, -0.2) is 11.1 Å². The van der Waals surface area contributed by atoms with Gasteiger partial charge in [-0.3, -0.25) is 0 Å². The lowest BCUT2D eigenvalue weighted by molar-refractivity contribution is 0.260. The van der Waals surface area contributed by atoms with E-state index in [-0.39, 0.29) is 0 Å². The van der Waals surface area contributed by atoms with Gasteiger partial charge in [-0.1, -0.05) is 58.4 Å². The second-order valence-corrected chi connectivity index (χ2v) is 7.48. The van der Waals surface area contributed by atoms with Crippen LogP contribution in [0.5, 0.6) is 0 Å². The van der Waals surface area contributed by atoms with Crippen molar-refractivity contribution in [2.24, 2.45) is 5.41 Å². The maximum absolute atomic E-state index is 6.21. The third-order valence-electron chi connectivity index (χ3n) is 3.62. The van der Waals surface area contributed by atoms with Gasteiger partial charge >= 0.3 is 0 Å². The quantitative estimate of drug-likeness (QED) is 0.436. The molecule has 4 heteroatoms. The molecule has 2 rings (SSSR count). The van der Waals surface area contributed by atoms with E-state index in [1.807, 2.05) is 30.0 Å². The Kier molecular flexibility index (Phi) is 5.74. The highest BCUT2D eigenvalue weighted by molar-refractivity contribution is 9.09. The van der Waals surface area contributed by atoms with E-state index in [1.54, 1.807) is 0 Å². The summed E-state index contributed by atoms with van der Waals surface area (Å²) in [6, 6.07) is 5.70. The molecule has 0 saturated heterocycles. The van der Waals surface area contributed by atoms with Gasteiger partial charge in [0, 0.05) is 21.0 Å². The molecular formula is C14H17BrCl2S. The summed E-state index contributed by atoms with van der Waals surface area (Å²) in [5, 5.41) is 2.66. The molecule has 0 aromatic heterocycles. The van der Waals surface area contributed by atoms with Crippen LogP contribution in [0.15, 0.2) is 23.1 Å². The first kappa shape index (κ1) is 15.0. The van der Waals surface area contributed by atoms with Crippen LogP contribution < -0.4 is 0 Å². The smallest absolute Gasteiger partial charge is 0.0542 e. The Morgan fingerprint density at radius 3 is 2.56 bits per heavy atom. The molecule has 1 aliphatic carbocycles. The van der Waals surface area contributed by atoms with E-state index in [9.17, 15) is 0 Å². The number of halogens is 3. The van der Waals surface area contributed by atoms with Gasteiger partial charge < -0.3 is 0 Å². The summed E-state index contributed by atoms with van der Waals surface area (Å²) in [6.45, 7) is 0. The molecular weight excluding hydrogens is 351 g/mol. The lowest BCUT2D eigenvalue weighted by atomic mass is 9.77. The lowest BCUT2D eigenvalue weighted by Gasteiger charge is -2.35. The number of hydrogen-bond acceptors (Lipinski definition) is 1. The Morgan fingerprint density at radius 2 is 1.89 bits per heavy atom. The van der Waals surface area contributed by atoms with Gasteiger partial charge in [-0.25, -0.2) is 0 Å². The van der Waals surface area contributed by atoms with Gasteiger partial charge in [0.1, 0.15) is 0 Å². The first-order valence-corrected chi connectivity index (χ1v) is 9.15. The van der Waals surface area contributed by atoms with Crippen molar-refractivity contribution >= 4 is 50.9 Å². The summed E-state index contributed by atoms with van der Waals surface area (Å²) in [4.78, 5) is 1.11. The molecule has 0 unspecified atom stereocenters. The molecule has 100 valence electrons. The van der Waals surface area contributed by atoms with E-state index in [0.717, 1.165) is 26.0 Å². The Hall–Kier alpha value is 0.630. The summed E-state index contributed by atoms with van der Waals surface area (Å²) < 4.78 is 0. The average molecular weight is 368 g/mol. The van der Waals surface area contributed by atoms with Crippen LogP contribution in [0.2, 0.25) is 10.0 Å². The standard InChI is InChI=1S/C14H17BrCl2S/c15-9-14(6-2-1-3-7-14)10-18-13-8-11(16)4-5-12(13)17/h4-5,8H,1-3,6-7,9-10H2. The van der Waals surface area contributed by atoms with E-state index in [1.165, 1.54) is 32.1 Å². The largest absolute Gasteiger partial charge is 0.124 e. The minimum atomic E-state index is 0.439. The van der Waals surface area contributed by atoms with Gasteiger partial charge in [-0.15, -0.1) is 11.8 Å². The third kappa shape index (κ3) is 3.82. The van der Waals surface area contributed by atoms with E-state index in [0.29, 0.717) is 5.41 Å². The minimum absolute atomic E-state index is 0.439. The van der Waals surface area contributed by atoms with Crippen molar-refractivity contribution in [3.63, 3.8) is 0 Å². The zero-order valence-corrected chi connectivity index (χ0v) is 14.1. The molecule has 1 aromatic carbocycles. The van der Waals surface area contributed by atoms with Crippen molar-refractivity contribution in [1.29, 1.82) is 0 Å². The Labute approximate surface area is 132 Å². The fourth-order valence-electron chi connectivity index (χ4n) is 2.44. The van der Waals surface area contributed by atoms with E-state index in [2.05, 4.69) is 15.9 Å². The van der Waals surface area contributed by atoms with Crippen LogP contribution in [0.25, 0.3) is 0 Å². The van der Waals surface area contributed by atoms with E-state index >= 15 is 0 Å². The molecule has 0 atom stereocenters. The predicted octanol–water partition coefficient (Wildman–Crippen LogP) is 6.43. The number of thioether (sulfide) groups is 1. The van der Waals surface area contributed by atoms with Crippen molar-refractivity contribution in [3.8, 4) is 0 Å². The molecule has 0 nitrogen and oxygen atoms in total. The number of alkyl halides is 1. The Bertz CT molecular complexity index is 403. The minimum Gasteiger partial charge on any atom is -0.124 e. The van der Waals surface area contributed by atoms with Gasteiger partial charge in [0.15, 0.2) is 0 Å². The molecule has 0 bridgehead atoms. The van der Waals surface area contributed by atoms with Crippen LogP contribution in [0.4, 0.5) is 0 Å². The van der Waals surface area contributed by atoms with Crippen LogP contribution in [0.3, 0.4) is 0 Å². The summed E-state index contributed by atoms with van der Waals surface area (Å²) in [5.41, 5.74) is 0.439. The van der Waals surface area contributed by atoms with Gasteiger partial charge in [-0.05, 0) is 36.5 Å². The van der Waals surface area contributed by atoms with Crippen LogP contribution in [0.1, 0.15) is 32.1 Å². The zero-order chi connectivity index (χ0) is 13.0. The van der Waals surface area contributed by atoms with Crippen LogP contribution in [-0.2, 0) is 0 Å². The molecule has 0 aliphatic heterocycles. The predicted molar refractivity (Wildman–Crippen MR) is 86.5 cm³/mol. The van der Waals surface area contributed by atoms with Crippen molar-refractivity contribution in [2.45, 2.75) is 37.0 Å². The normalized spacial score (nSPS) is 18.8. The third-order valence-corrected chi connectivity index (χ3v) is 6.90. The highest BCUT2D eigenvalue weighted by Crippen LogP contribution is 2.43. The molecule has 1 aromatic rings. The van der Waals surface area contributed by atoms with Gasteiger partial charge in [-0.2, -0.15) is 0 Å². The summed E-state index contributed by atoms with van der Waals surface area (Å²) in [6.07, 6.45) is 6.75. The Morgan fingerprint density at radius 1 is 1.17 bits per heavy atom. The fraction of sp³-hybridized carbons (Fsp3) is 0.571. The molecule has 1 saturated carbocycles. The number of benzene rings is 1. The summed E-state index contributed by atoms with van der Waals surface area (Å²) >= 11 is 17.8. The van der Waals surface area contributed by atoms with E-state index < -0.39 is 0 Å². The SMILES string of the molecule is Clc1ccc(Cl)c(SCC2(CBr)CCCCC2)c1. The summed E-state index contributed by atoms with van der Waals surface area (Å²) in [5.74, 6) is 1.12. The molecule has 0 radical (unpaired) electrons. The highest BCUT2D eigenvalue weighted by Gasteiger charge is 2.31. The molecule has 0 N–H and O–H groups in total. The second-order valence-electron chi connectivity index (χ2n) is 5.06. The van der Waals surface area contributed by atoms with Crippen molar-refractivity contribution in [3.05, 3.63) is 28.2 Å². The van der Waals surface area contributed by atoms with Crippen LogP contribution in [0, 0.1) is 5.41 Å². The van der Waals surface area contributed by atoms with Crippen molar-refractivity contribution in [2.75, 3.05) is 11.1 Å². The van der Waals surface area contributed by atoms with Gasteiger partial charge in [0.25, 0.3) is 0 Å². The molecule has 1 aliphatic rings. The zero-order valence-electron chi connectivity index (χ0n) is 10.2. The number of hydrogen-bond donors (Lipinski definition) is 0. The van der Waals surface area contributed by atoms with Crippen LogP contribution >= 0.6 is 50.9 Å². The highest BCUT2D eigenvalue weighted by atomic mass is 79.9.